The van der Waals surface area contributed by atoms with E-state index in [2.05, 4.69) is 0 Å². The van der Waals surface area contributed by atoms with Crippen LogP contribution in [0.2, 0.25) is 0 Å². The van der Waals surface area contributed by atoms with Crippen molar-refractivity contribution in [1.82, 2.24) is 0 Å². The standard InChI is InChI=1S/C10H12O3/c1-10-6-3-2-5(4-6)7(10)8(11)13-9(10)12/h5-7H,2-4H2,1H3/t5-,6+,7-,10?/m0/s1. The van der Waals surface area contributed by atoms with Gasteiger partial charge in [0.05, 0.1) is 11.3 Å². The predicted octanol–water partition coefficient (Wildman–Crippen LogP) is 1.12. The van der Waals surface area contributed by atoms with Gasteiger partial charge < -0.3 is 4.74 Å². The largest absolute Gasteiger partial charge is 0.392 e. The van der Waals surface area contributed by atoms with Crippen LogP contribution in [0.25, 0.3) is 0 Å². The topological polar surface area (TPSA) is 43.4 Å². The minimum absolute atomic E-state index is 0.112. The van der Waals surface area contributed by atoms with Gasteiger partial charge in [-0.1, -0.05) is 0 Å². The van der Waals surface area contributed by atoms with Crippen LogP contribution >= 0.6 is 0 Å². The third-order valence-electron chi connectivity index (χ3n) is 4.33. The average Bonchev–Trinajstić information content (AvgIpc) is 2.66. The molecule has 0 N–H and O–H groups in total. The summed E-state index contributed by atoms with van der Waals surface area (Å²) in [5, 5.41) is 0. The van der Waals surface area contributed by atoms with Crippen LogP contribution in [0.15, 0.2) is 0 Å². The summed E-state index contributed by atoms with van der Waals surface area (Å²) in [7, 11) is 0. The van der Waals surface area contributed by atoms with Crippen molar-refractivity contribution >= 4 is 11.9 Å². The fraction of sp³-hybridized carbons (Fsp3) is 0.800. The molecule has 70 valence electrons. The van der Waals surface area contributed by atoms with Crippen molar-refractivity contribution in [2.24, 2.45) is 23.2 Å². The Balaban J connectivity index is 2.12. The Labute approximate surface area is 76.4 Å². The number of cyclic esters (lactones) is 2. The summed E-state index contributed by atoms with van der Waals surface area (Å²) in [4.78, 5) is 23.0. The fourth-order valence-electron chi connectivity index (χ4n) is 3.60. The van der Waals surface area contributed by atoms with Crippen LogP contribution in [0.4, 0.5) is 0 Å². The zero-order valence-electron chi connectivity index (χ0n) is 7.58. The first-order chi connectivity index (χ1) is 6.14. The molecular formula is C10H12O3. The highest BCUT2D eigenvalue weighted by Gasteiger charge is 2.67. The number of fused-ring (bicyclic) bond motifs is 5. The molecule has 0 aromatic rings. The first kappa shape index (κ1) is 7.54. The normalized spacial score (nSPS) is 52.5. The second kappa shape index (κ2) is 1.97. The minimum atomic E-state index is -0.458. The molecule has 0 radical (unpaired) electrons. The van der Waals surface area contributed by atoms with Crippen LogP contribution in [0.3, 0.4) is 0 Å². The molecule has 0 aromatic carbocycles. The minimum Gasteiger partial charge on any atom is -0.392 e. The molecule has 3 heteroatoms. The highest BCUT2D eigenvalue weighted by molar-refractivity contribution is 6.00. The van der Waals surface area contributed by atoms with Crippen molar-refractivity contribution in [3.05, 3.63) is 0 Å². The van der Waals surface area contributed by atoms with E-state index in [0.717, 1.165) is 19.3 Å². The average molecular weight is 180 g/mol. The van der Waals surface area contributed by atoms with E-state index < -0.39 is 5.41 Å². The molecule has 13 heavy (non-hydrogen) atoms. The molecular weight excluding hydrogens is 168 g/mol. The molecule has 0 amide bonds. The Morgan fingerprint density at radius 3 is 2.85 bits per heavy atom. The van der Waals surface area contributed by atoms with Crippen molar-refractivity contribution < 1.29 is 14.3 Å². The molecule has 1 unspecified atom stereocenters. The van der Waals surface area contributed by atoms with Crippen molar-refractivity contribution in [3.8, 4) is 0 Å². The van der Waals surface area contributed by atoms with Gasteiger partial charge in [0.25, 0.3) is 0 Å². The first-order valence-electron chi connectivity index (χ1n) is 4.90. The van der Waals surface area contributed by atoms with E-state index in [4.69, 9.17) is 4.74 Å². The van der Waals surface area contributed by atoms with E-state index in [9.17, 15) is 9.59 Å². The molecule has 3 aliphatic rings. The van der Waals surface area contributed by atoms with Crippen molar-refractivity contribution in [1.29, 1.82) is 0 Å². The number of rotatable bonds is 0. The molecule has 3 fully saturated rings. The van der Waals surface area contributed by atoms with E-state index in [1.165, 1.54) is 0 Å². The monoisotopic (exact) mass is 180 g/mol. The third-order valence-corrected chi connectivity index (χ3v) is 4.33. The molecule has 1 saturated heterocycles. The number of hydrogen-bond donors (Lipinski definition) is 0. The van der Waals surface area contributed by atoms with Gasteiger partial charge in [-0.2, -0.15) is 0 Å². The number of hydrogen-bond acceptors (Lipinski definition) is 3. The Hall–Kier alpha value is -0.860. The highest BCUT2D eigenvalue weighted by Crippen LogP contribution is 2.62. The van der Waals surface area contributed by atoms with Gasteiger partial charge in [0.1, 0.15) is 0 Å². The van der Waals surface area contributed by atoms with Crippen molar-refractivity contribution in [2.45, 2.75) is 26.2 Å². The first-order valence-corrected chi connectivity index (χ1v) is 4.90. The lowest BCUT2D eigenvalue weighted by Gasteiger charge is -2.29. The molecule has 0 spiro atoms. The van der Waals surface area contributed by atoms with E-state index in [1.54, 1.807) is 0 Å². The summed E-state index contributed by atoms with van der Waals surface area (Å²) in [5.74, 6) is 0.184. The Bertz CT molecular complexity index is 309. The van der Waals surface area contributed by atoms with Gasteiger partial charge in [-0.25, -0.2) is 0 Å². The predicted molar refractivity (Wildman–Crippen MR) is 43.5 cm³/mol. The lowest BCUT2D eigenvalue weighted by atomic mass is 9.69. The summed E-state index contributed by atoms with van der Waals surface area (Å²) in [5.41, 5.74) is -0.458. The zero-order chi connectivity index (χ0) is 9.22. The van der Waals surface area contributed by atoms with Crippen molar-refractivity contribution in [2.75, 3.05) is 0 Å². The second-order valence-corrected chi connectivity index (χ2v) is 4.74. The molecule has 2 bridgehead atoms. The second-order valence-electron chi connectivity index (χ2n) is 4.74. The molecule has 3 rings (SSSR count). The van der Waals surface area contributed by atoms with E-state index in [0.29, 0.717) is 11.8 Å². The molecule has 1 heterocycles. The summed E-state index contributed by atoms with van der Waals surface area (Å²) in [6.45, 7) is 1.91. The fourth-order valence-corrected chi connectivity index (χ4v) is 3.60. The van der Waals surface area contributed by atoms with Gasteiger partial charge in [0.2, 0.25) is 0 Å². The van der Waals surface area contributed by atoms with Gasteiger partial charge >= 0.3 is 11.9 Å². The van der Waals surface area contributed by atoms with E-state index in [1.807, 2.05) is 6.92 Å². The lowest BCUT2D eigenvalue weighted by molar-refractivity contribution is -0.156. The van der Waals surface area contributed by atoms with Crippen LogP contribution in [-0.4, -0.2) is 11.9 Å². The molecule has 2 saturated carbocycles. The van der Waals surface area contributed by atoms with E-state index >= 15 is 0 Å². The van der Waals surface area contributed by atoms with E-state index in [-0.39, 0.29) is 17.9 Å². The molecule has 1 aliphatic heterocycles. The zero-order valence-corrected chi connectivity index (χ0v) is 7.58. The lowest BCUT2D eigenvalue weighted by Crippen LogP contribution is -2.36. The number of carbonyl (C=O) groups is 2. The number of ether oxygens (including phenoxy) is 1. The molecule has 0 aromatic heterocycles. The molecule has 3 nitrogen and oxygen atoms in total. The summed E-state index contributed by atoms with van der Waals surface area (Å²) >= 11 is 0. The molecule has 2 aliphatic carbocycles. The Morgan fingerprint density at radius 2 is 2.15 bits per heavy atom. The number of carbonyl (C=O) groups excluding carboxylic acids is 2. The van der Waals surface area contributed by atoms with Crippen LogP contribution in [0.1, 0.15) is 26.2 Å². The van der Waals surface area contributed by atoms with Gasteiger partial charge in [-0.15, -0.1) is 0 Å². The van der Waals surface area contributed by atoms with Gasteiger partial charge in [-0.3, -0.25) is 9.59 Å². The van der Waals surface area contributed by atoms with Gasteiger partial charge in [0, 0.05) is 0 Å². The Kier molecular flexibility index (Phi) is 1.14. The van der Waals surface area contributed by atoms with Crippen LogP contribution in [0, 0.1) is 23.2 Å². The SMILES string of the molecule is CC12C(=O)OC(=O)[C@@H]1[C@H]1CC[C@@H]2C1. The van der Waals surface area contributed by atoms with Gasteiger partial charge in [0.15, 0.2) is 0 Å². The Morgan fingerprint density at radius 1 is 1.38 bits per heavy atom. The van der Waals surface area contributed by atoms with Crippen LogP contribution in [-0.2, 0) is 14.3 Å². The maximum absolute atomic E-state index is 11.5. The summed E-state index contributed by atoms with van der Waals surface area (Å²) in [6, 6.07) is 0. The van der Waals surface area contributed by atoms with Crippen molar-refractivity contribution in [3.63, 3.8) is 0 Å². The summed E-state index contributed by atoms with van der Waals surface area (Å²) < 4.78 is 4.73. The molecule has 4 atom stereocenters. The van der Waals surface area contributed by atoms with Crippen LogP contribution in [0.5, 0.6) is 0 Å². The van der Waals surface area contributed by atoms with Gasteiger partial charge in [-0.05, 0) is 38.0 Å². The maximum Gasteiger partial charge on any atom is 0.320 e. The third kappa shape index (κ3) is 0.640. The van der Waals surface area contributed by atoms with Crippen LogP contribution < -0.4 is 0 Å². The quantitative estimate of drug-likeness (QED) is 0.414. The highest BCUT2D eigenvalue weighted by atomic mass is 16.6. The smallest absolute Gasteiger partial charge is 0.320 e. The number of esters is 2. The maximum atomic E-state index is 11.5. The summed E-state index contributed by atoms with van der Waals surface area (Å²) in [6.07, 6.45) is 3.26.